The van der Waals surface area contributed by atoms with Gasteiger partial charge in [-0.05, 0) is 53.6 Å². The lowest BCUT2D eigenvalue weighted by Gasteiger charge is -2.34. The van der Waals surface area contributed by atoms with Crippen molar-refractivity contribution in [3.8, 4) is 11.4 Å². The second-order valence-corrected chi connectivity index (χ2v) is 7.20. The van der Waals surface area contributed by atoms with E-state index >= 15 is 0 Å². The first-order chi connectivity index (χ1) is 14.4. The summed E-state index contributed by atoms with van der Waals surface area (Å²) in [4.78, 5) is 0. The Balaban J connectivity index is 1.54. The largest absolute Gasteiger partial charge is 0.508 e. The zero-order valence-corrected chi connectivity index (χ0v) is 16.0. The molecular weight excluding hydrogens is 397 g/mol. The van der Waals surface area contributed by atoms with Crippen molar-refractivity contribution in [1.82, 2.24) is 30.8 Å². The third kappa shape index (κ3) is 4.29. The number of hydrogen-bond acceptors (Lipinski definition) is 6. The van der Waals surface area contributed by atoms with Crippen molar-refractivity contribution in [1.29, 1.82) is 0 Å². The number of nitrogens with one attached hydrogen (secondary N) is 2. The molecule has 30 heavy (non-hydrogen) atoms. The molecule has 1 aromatic heterocycles. The highest BCUT2D eigenvalue weighted by atomic mass is 19.4. The van der Waals surface area contributed by atoms with Gasteiger partial charge in [-0.15, -0.1) is 5.10 Å². The number of aromatic nitrogens is 4. The normalized spacial score (nSPS) is 19.7. The van der Waals surface area contributed by atoms with E-state index in [2.05, 4.69) is 38.3 Å². The first kappa shape index (κ1) is 20.3. The van der Waals surface area contributed by atoms with Crippen LogP contribution >= 0.6 is 0 Å². The van der Waals surface area contributed by atoms with Crippen LogP contribution in [0.25, 0.3) is 5.69 Å². The van der Waals surface area contributed by atoms with Crippen LogP contribution in [-0.4, -0.2) is 37.9 Å². The quantitative estimate of drug-likeness (QED) is 0.591. The van der Waals surface area contributed by atoms with Crippen LogP contribution in [0.1, 0.15) is 35.8 Å². The zero-order chi connectivity index (χ0) is 21.1. The third-order valence-corrected chi connectivity index (χ3v) is 5.20. The number of rotatable bonds is 5. The van der Waals surface area contributed by atoms with Gasteiger partial charge in [0.2, 0.25) is 0 Å². The molecule has 158 valence electrons. The molecule has 3 aromatic rings. The Kier molecular flexibility index (Phi) is 5.69. The Labute approximate surface area is 170 Å². The number of aromatic hydroxyl groups is 1. The molecule has 2 heterocycles. The number of nitrogens with zero attached hydrogens (tertiary/aromatic N) is 4. The number of benzene rings is 2. The molecule has 0 aliphatic carbocycles. The van der Waals surface area contributed by atoms with E-state index in [1.54, 1.807) is 0 Å². The fraction of sp³-hybridized carbons (Fsp3) is 0.350. The summed E-state index contributed by atoms with van der Waals surface area (Å²) in [5.41, 5.74) is 1.76. The van der Waals surface area contributed by atoms with Crippen LogP contribution in [0.4, 0.5) is 13.2 Å². The number of alkyl halides is 3. The van der Waals surface area contributed by atoms with Gasteiger partial charge in [0.15, 0.2) is 0 Å². The lowest BCUT2D eigenvalue weighted by molar-refractivity contribution is -0.146. The van der Waals surface area contributed by atoms with Crippen molar-refractivity contribution >= 4 is 0 Å². The van der Waals surface area contributed by atoms with E-state index in [1.165, 1.54) is 18.2 Å². The van der Waals surface area contributed by atoms with Gasteiger partial charge in [-0.25, -0.2) is 0 Å². The van der Waals surface area contributed by atoms with Gasteiger partial charge in [-0.1, -0.05) is 30.3 Å². The molecule has 1 aliphatic rings. The van der Waals surface area contributed by atoms with E-state index in [0.29, 0.717) is 16.8 Å². The van der Waals surface area contributed by atoms with Gasteiger partial charge >= 0.3 is 6.18 Å². The van der Waals surface area contributed by atoms with Crippen LogP contribution < -0.4 is 10.6 Å². The molecule has 0 spiro atoms. The average molecular weight is 418 g/mol. The number of hydrogen-bond donors (Lipinski definition) is 3. The summed E-state index contributed by atoms with van der Waals surface area (Å²) in [6, 6.07) is 14.4. The maximum Gasteiger partial charge on any atom is 0.453 e. The second kappa shape index (κ2) is 8.41. The Morgan fingerprint density at radius 3 is 2.73 bits per heavy atom. The second-order valence-electron chi connectivity index (χ2n) is 7.20. The summed E-state index contributed by atoms with van der Waals surface area (Å²) < 4.78 is 40.0. The number of phenolic OH excluding ortho intramolecular Hbond substituents is 1. The Bertz CT molecular complexity index is 992. The van der Waals surface area contributed by atoms with Crippen LogP contribution in [0, 0.1) is 0 Å². The van der Waals surface area contributed by atoms with Gasteiger partial charge in [0.1, 0.15) is 5.75 Å². The van der Waals surface area contributed by atoms with Gasteiger partial charge in [0, 0.05) is 24.2 Å². The van der Waals surface area contributed by atoms with Crippen molar-refractivity contribution in [3.63, 3.8) is 0 Å². The molecule has 2 atom stereocenters. The predicted molar refractivity (Wildman–Crippen MR) is 103 cm³/mol. The minimum absolute atomic E-state index is 0.00656. The van der Waals surface area contributed by atoms with E-state index in [1.807, 2.05) is 18.2 Å². The highest BCUT2D eigenvalue weighted by Crippen LogP contribution is 2.30. The summed E-state index contributed by atoms with van der Waals surface area (Å²) in [6.07, 6.45) is -2.73. The molecule has 0 saturated carbocycles. The van der Waals surface area contributed by atoms with Crippen LogP contribution in [0.5, 0.6) is 5.75 Å². The van der Waals surface area contributed by atoms with E-state index in [-0.39, 0.29) is 23.5 Å². The van der Waals surface area contributed by atoms with E-state index in [0.717, 1.165) is 24.9 Å². The first-order valence-electron chi connectivity index (χ1n) is 9.63. The van der Waals surface area contributed by atoms with Gasteiger partial charge < -0.3 is 15.7 Å². The molecular formula is C20H21F3N6O. The summed E-state index contributed by atoms with van der Waals surface area (Å²) >= 11 is 0. The molecule has 7 nitrogen and oxygen atoms in total. The van der Waals surface area contributed by atoms with Crippen LogP contribution in [0.15, 0.2) is 48.5 Å². The van der Waals surface area contributed by atoms with E-state index < -0.39 is 12.0 Å². The minimum Gasteiger partial charge on any atom is -0.508 e. The maximum absolute atomic E-state index is 13.1. The molecule has 0 amide bonds. The van der Waals surface area contributed by atoms with Crippen molar-refractivity contribution in [3.05, 3.63) is 65.5 Å². The highest BCUT2D eigenvalue weighted by molar-refractivity contribution is 5.43. The van der Waals surface area contributed by atoms with Crippen molar-refractivity contribution < 1.29 is 18.3 Å². The average Bonchev–Trinajstić information content (AvgIpc) is 3.25. The third-order valence-electron chi connectivity index (χ3n) is 5.20. The molecule has 1 aliphatic heterocycles. The Morgan fingerprint density at radius 2 is 1.97 bits per heavy atom. The maximum atomic E-state index is 13.1. The van der Waals surface area contributed by atoms with Crippen LogP contribution in [-0.2, 0) is 12.7 Å². The molecule has 3 N–H and O–H groups in total. The SMILES string of the molecule is Oc1ccc(-n2nnnc2C(F)(F)F)cc1CNC1CCCNC1c1ccccc1. The number of halogens is 3. The van der Waals surface area contributed by atoms with Crippen molar-refractivity contribution in [2.75, 3.05) is 6.54 Å². The fourth-order valence-electron chi connectivity index (χ4n) is 3.74. The Morgan fingerprint density at radius 1 is 1.17 bits per heavy atom. The summed E-state index contributed by atoms with van der Waals surface area (Å²) in [6.45, 7) is 1.21. The molecule has 4 rings (SSSR count). The smallest absolute Gasteiger partial charge is 0.453 e. The number of tetrazole rings is 1. The molecule has 2 unspecified atom stereocenters. The lowest BCUT2D eigenvalue weighted by atomic mass is 9.92. The Hall–Kier alpha value is -2.98. The lowest BCUT2D eigenvalue weighted by Crippen LogP contribution is -2.45. The number of phenols is 1. The van der Waals surface area contributed by atoms with Gasteiger partial charge in [-0.2, -0.15) is 17.9 Å². The van der Waals surface area contributed by atoms with E-state index in [9.17, 15) is 18.3 Å². The molecule has 1 fully saturated rings. The fourth-order valence-corrected chi connectivity index (χ4v) is 3.74. The zero-order valence-electron chi connectivity index (χ0n) is 16.0. The standard InChI is InChI=1S/C20H21F3N6O/c21-20(22,23)19-26-27-28-29(19)15-8-9-17(30)14(11-15)12-25-16-7-4-10-24-18(16)13-5-2-1-3-6-13/h1-3,5-6,8-9,11,16,18,24-25,30H,4,7,10,12H2. The van der Waals surface area contributed by atoms with E-state index in [4.69, 9.17) is 0 Å². The van der Waals surface area contributed by atoms with Crippen molar-refractivity contribution in [2.45, 2.75) is 37.6 Å². The minimum atomic E-state index is -4.68. The van der Waals surface area contributed by atoms with Gasteiger partial charge in [-0.3, -0.25) is 0 Å². The molecule has 0 bridgehead atoms. The van der Waals surface area contributed by atoms with Crippen LogP contribution in [0.2, 0.25) is 0 Å². The highest BCUT2D eigenvalue weighted by Gasteiger charge is 2.38. The number of piperidine rings is 1. The topological polar surface area (TPSA) is 87.9 Å². The molecule has 2 aromatic carbocycles. The van der Waals surface area contributed by atoms with Crippen LogP contribution in [0.3, 0.4) is 0 Å². The predicted octanol–water partition coefficient (Wildman–Crippen LogP) is 2.97. The summed E-state index contributed by atoms with van der Waals surface area (Å²) in [5.74, 6) is -1.22. The monoisotopic (exact) mass is 418 g/mol. The van der Waals surface area contributed by atoms with Crippen molar-refractivity contribution in [2.24, 2.45) is 0 Å². The molecule has 0 radical (unpaired) electrons. The summed E-state index contributed by atoms with van der Waals surface area (Å²) in [5, 5.41) is 26.8. The van der Waals surface area contributed by atoms with Gasteiger partial charge in [0.05, 0.1) is 5.69 Å². The van der Waals surface area contributed by atoms with Gasteiger partial charge in [0.25, 0.3) is 5.82 Å². The molecule has 1 saturated heterocycles. The molecule has 10 heteroatoms. The first-order valence-corrected chi connectivity index (χ1v) is 9.63. The summed E-state index contributed by atoms with van der Waals surface area (Å²) in [7, 11) is 0.